The molecule has 2 aliphatic heterocycles. The topological polar surface area (TPSA) is 38.3 Å². The first-order valence-electron chi connectivity index (χ1n) is 6.49. The van der Waals surface area contributed by atoms with Crippen LogP contribution in [0.25, 0.3) is 0 Å². The third-order valence-electron chi connectivity index (χ3n) is 4.16. The summed E-state index contributed by atoms with van der Waals surface area (Å²) in [5.74, 6) is 0.0217. The van der Waals surface area contributed by atoms with E-state index in [2.05, 4.69) is 12.2 Å². The highest BCUT2D eigenvalue weighted by atomic mass is 35.5. The molecule has 0 aromatic heterocycles. The molecule has 1 N–H and O–H groups in total. The van der Waals surface area contributed by atoms with Gasteiger partial charge in [-0.05, 0) is 37.0 Å². The number of hydrogen-bond donors (Lipinski definition) is 1. The van der Waals surface area contributed by atoms with E-state index in [1.54, 1.807) is 6.07 Å². The monoisotopic (exact) mass is 299 g/mol. The van der Waals surface area contributed by atoms with Crippen molar-refractivity contribution in [3.05, 3.63) is 27.7 Å². The average Bonchev–Trinajstić information content (AvgIpc) is 2.65. The summed E-state index contributed by atoms with van der Waals surface area (Å²) < 4.78 is 5.69. The molecule has 1 aromatic carbocycles. The van der Waals surface area contributed by atoms with Crippen molar-refractivity contribution in [2.75, 3.05) is 11.9 Å². The number of fused-ring (bicyclic) bond motifs is 2. The van der Waals surface area contributed by atoms with Crippen LogP contribution in [0.1, 0.15) is 31.7 Å². The van der Waals surface area contributed by atoms with Crippen molar-refractivity contribution < 1.29 is 9.53 Å². The molecular weight excluding hydrogens is 285 g/mol. The van der Waals surface area contributed by atoms with Crippen molar-refractivity contribution in [1.29, 1.82) is 0 Å². The van der Waals surface area contributed by atoms with E-state index in [0.717, 1.165) is 12.0 Å². The van der Waals surface area contributed by atoms with E-state index in [1.165, 1.54) is 0 Å². The number of hydrogen-bond acceptors (Lipinski definition) is 2. The van der Waals surface area contributed by atoms with Crippen molar-refractivity contribution in [1.82, 2.24) is 0 Å². The average molecular weight is 300 g/mol. The third kappa shape index (κ3) is 1.95. The highest BCUT2D eigenvalue weighted by Gasteiger charge is 2.50. The summed E-state index contributed by atoms with van der Waals surface area (Å²) in [6.45, 7) is 2.66. The Morgan fingerprint density at radius 2 is 2.26 bits per heavy atom. The fourth-order valence-corrected chi connectivity index (χ4v) is 3.64. The van der Waals surface area contributed by atoms with Crippen LogP contribution in [-0.2, 0) is 14.9 Å². The third-order valence-corrected chi connectivity index (χ3v) is 4.67. The lowest BCUT2D eigenvalue weighted by atomic mass is 9.73. The minimum absolute atomic E-state index is 0.0217. The summed E-state index contributed by atoms with van der Waals surface area (Å²) in [6.07, 6.45) is 2.39. The maximum Gasteiger partial charge on any atom is 0.235 e. The molecule has 0 radical (unpaired) electrons. The van der Waals surface area contributed by atoms with Crippen LogP contribution in [0.5, 0.6) is 0 Å². The maximum absolute atomic E-state index is 12.5. The first-order valence-corrected chi connectivity index (χ1v) is 7.25. The molecule has 3 rings (SSSR count). The molecule has 2 heterocycles. The van der Waals surface area contributed by atoms with Crippen LogP contribution in [-0.4, -0.2) is 18.6 Å². The van der Waals surface area contributed by atoms with E-state index in [-0.39, 0.29) is 12.0 Å². The molecule has 102 valence electrons. The van der Waals surface area contributed by atoms with E-state index in [9.17, 15) is 4.79 Å². The van der Waals surface area contributed by atoms with Crippen LogP contribution in [0, 0.1) is 0 Å². The van der Waals surface area contributed by atoms with Crippen molar-refractivity contribution in [2.45, 2.75) is 37.7 Å². The molecule has 2 atom stereocenters. The van der Waals surface area contributed by atoms with E-state index in [4.69, 9.17) is 27.9 Å². The Hall–Kier alpha value is -0.770. The fraction of sp³-hybridized carbons (Fsp3) is 0.500. The van der Waals surface area contributed by atoms with Gasteiger partial charge >= 0.3 is 0 Å². The summed E-state index contributed by atoms with van der Waals surface area (Å²) >= 11 is 12.3. The summed E-state index contributed by atoms with van der Waals surface area (Å²) in [7, 11) is 0. The number of anilines is 1. The number of ether oxygens (including phenoxy) is 1. The van der Waals surface area contributed by atoms with Gasteiger partial charge in [-0.1, -0.05) is 30.1 Å². The van der Waals surface area contributed by atoms with E-state index >= 15 is 0 Å². The lowest BCUT2D eigenvalue weighted by Gasteiger charge is -2.36. The van der Waals surface area contributed by atoms with Gasteiger partial charge in [-0.25, -0.2) is 0 Å². The predicted molar refractivity (Wildman–Crippen MR) is 76.0 cm³/mol. The lowest BCUT2D eigenvalue weighted by Crippen LogP contribution is -2.43. The van der Waals surface area contributed by atoms with Gasteiger partial charge in [0.1, 0.15) is 0 Å². The molecular formula is C14H15Cl2NO2. The standard InChI is InChI=1S/C14H15Cl2NO2/c1-2-9-7-14(3-4-19-9)10-5-8(15)6-11(16)12(10)17-13(14)18/h5-6,9H,2-4,7H2,1H3,(H,17,18). The molecule has 1 spiro atoms. The Morgan fingerprint density at radius 1 is 1.47 bits per heavy atom. The number of benzene rings is 1. The first-order chi connectivity index (χ1) is 9.06. The number of rotatable bonds is 1. The maximum atomic E-state index is 12.5. The first kappa shape index (κ1) is 13.2. The van der Waals surface area contributed by atoms with Gasteiger partial charge in [-0.3, -0.25) is 4.79 Å². The minimum atomic E-state index is -0.525. The zero-order chi connectivity index (χ0) is 13.6. The Labute approximate surface area is 122 Å². The van der Waals surface area contributed by atoms with Crippen LogP contribution in [0.3, 0.4) is 0 Å². The summed E-state index contributed by atoms with van der Waals surface area (Å²) in [5.41, 5.74) is 1.12. The molecule has 1 saturated heterocycles. The molecule has 1 aromatic rings. The van der Waals surface area contributed by atoms with Crippen molar-refractivity contribution in [3.63, 3.8) is 0 Å². The Balaban J connectivity index is 2.11. The lowest BCUT2D eigenvalue weighted by molar-refractivity contribution is -0.126. The number of halogens is 2. The normalized spacial score (nSPS) is 29.4. The Kier molecular flexibility index (Phi) is 3.24. The Morgan fingerprint density at radius 3 is 3.00 bits per heavy atom. The summed E-state index contributed by atoms with van der Waals surface area (Å²) in [6, 6.07) is 3.52. The molecule has 2 aliphatic rings. The zero-order valence-corrected chi connectivity index (χ0v) is 12.1. The predicted octanol–water partition coefficient (Wildman–Crippen LogP) is 3.77. The highest BCUT2D eigenvalue weighted by Crippen LogP contribution is 2.49. The molecule has 1 amide bonds. The van der Waals surface area contributed by atoms with Crippen LogP contribution in [0.2, 0.25) is 10.0 Å². The van der Waals surface area contributed by atoms with Crippen molar-refractivity contribution in [2.24, 2.45) is 0 Å². The molecule has 0 aliphatic carbocycles. The molecule has 0 saturated carbocycles. The fourth-order valence-electron chi connectivity index (χ4n) is 3.10. The van der Waals surface area contributed by atoms with Gasteiger partial charge in [0.2, 0.25) is 5.91 Å². The van der Waals surface area contributed by atoms with Gasteiger partial charge in [-0.15, -0.1) is 0 Å². The van der Waals surface area contributed by atoms with Gasteiger partial charge in [0.05, 0.1) is 22.2 Å². The molecule has 19 heavy (non-hydrogen) atoms. The van der Waals surface area contributed by atoms with Gasteiger partial charge in [0, 0.05) is 11.6 Å². The summed E-state index contributed by atoms with van der Waals surface area (Å²) in [4.78, 5) is 12.5. The minimum Gasteiger partial charge on any atom is -0.378 e. The van der Waals surface area contributed by atoms with Crippen LogP contribution in [0.15, 0.2) is 12.1 Å². The number of carbonyl (C=O) groups excluding carboxylic acids is 1. The molecule has 1 fully saturated rings. The van der Waals surface area contributed by atoms with Gasteiger partial charge < -0.3 is 10.1 Å². The van der Waals surface area contributed by atoms with E-state index < -0.39 is 5.41 Å². The number of amides is 1. The molecule has 5 heteroatoms. The molecule has 0 bridgehead atoms. The molecule has 2 unspecified atom stereocenters. The number of carbonyl (C=O) groups is 1. The zero-order valence-electron chi connectivity index (χ0n) is 10.6. The second-order valence-electron chi connectivity index (χ2n) is 5.20. The summed E-state index contributed by atoms with van der Waals surface area (Å²) in [5, 5.41) is 3.99. The van der Waals surface area contributed by atoms with Crippen LogP contribution < -0.4 is 5.32 Å². The largest absolute Gasteiger partial charge is 0.378 e. The van der Waals surface area contributed by atoms with Crippen LogP contribution in [0.4, 0.5) is 5.69 Å². The SMILES string of the molecule is CCC1CC2(CCO1)C(=O)Nc1c(Cl)cc(Cl)cc12. The second-order valence-corrected chi connectivity index (χ2v) is 6.05. The number of nitrogens with one attached hydrogen (secondary N) is 1. The van der Waals surface area contributed by atoms with Crippen molar-refractivity contribution in [3.8, 4) is 0 Å². The van der Waals surface area contributed by atoms with E-state index in [0.29, 0.717) is 35.2 Å². The van der Waals surface area contributed by atoms with Gasteiger partial charge in [0.25, 0.3) is 0 Å². The Bertz CT molecular complexity index is 546. The van der Waals surface area contributed by atoms with Gasteiger partial charge in [0.15, 0.2) is 0 Å². The second kappa shape index (κ2) is 4.65. The van der Waals surface area contributed by atoms with Crippen LogP contribution >= 0.6 is 23.2 Å². The smallest absolute Gasteiger partial charge is 0.235 e. The quantitative estimate of drug-likeness (QED) is 0.857. The van der Waals surface area contributed by atoms with Gasteiger partial charge in [-0.2, -0.15) is 0 Å². The molecule has 3 nitrogen and oxygen atoms in total. The highest BCUT2D eigenvalue weighted by molar-refractivity contribution is 6.37. The van der Waals surface area contributed by atoms with E-state index in [1.807, 2.05) is 6.07 Å². The van der Waals surface area contributed by atoms with Crippen molar-refractivity contribution >= 4 is 34.8 Å².